The molecule has 0 aliphatic heterocycles. The molecule has 0 spiro atoms. The van der Waals surface area contributed by atoms with Crippen LogP contribution < -0.4 is 15.7 Å². The van der Waals surface area contributed by atoms with Crippen molar-refractivity contribution >= 4 is 35.9 Å². The summed E-state index contributed by atoms with van der Waals surface area (Å²) in [5.41, 5.74) is 3.61. The third kappa shape index (κ3) is 7.99. The van der Waals surface area contributed by atoms with Gasteiger partial charge in [-0.3, -0.25) is 14.3 Å². The van der Waals surface area contributed by atoms with Crippen LogP contribution in [0.25, 0.3) is 17.0 Å². The Hall–Kier alpha value is -5.90. The monoisotopic (exact) mass is 762 g/mol. The van der Waals surface area contributed by atoms with Gasteiger partial charge in [-0.25, -0.2) is 18.7 Å². The van der Waals surface area contributed by atoms with Crippen LogP contribution in [0.4, 0.5) is 14.5 Å². The lowest BCUT2D eigenvalue weighted by Crippen LogP contribution is -2.65. The van der Waals surface area contributed by atoms with Gasteiger partial charge >= 0.3 is 0 Å². The molecule has 282 valence electrons. The standard InChI is InChI=1S/C40H40F2N8O4Si/c1-26-14-15-28(19-32(26)46-39(51)33-22-43-35-18-27(16-17-50(33)35)23-53-24-34-44-25-45-48-34)38-47-36(54-49-38)20-29(37(41)42)21-40(2,3)55(52,30-10-6-4-7-11-30)31-12-8-5-9-13-31/h4-19,22,25,29,37,52H,20-21,23-24H2,1-3H3,(H,46,51)(H,44,45,48)/t29-/m1/s1. The second kappa shape index (κ2) is 15.8. The number of nitrogens with zero attached hydrogens (tertiary/aromatic N) is 6. The quantitative estimate of drug-likeness (QED) is 0.105. The second-order valence-electron chi connectivity index (χ2n) is 14.2. The highest BCUT2D eigenvalue weighted by Gasteiger charge is 2.51. The van der Waals surface area contributed by atoms with Gasteiger partial charge in [0, 0.05) is 29.8 Å². The van der Waals surface area contributed by atoms with Gasteiger partial charge in [0.15, 0.2) is 0 Å². The molecule has 0 bridgehead atoms. The largest absolute Gasteiger partial charge is 0.424 e. The van der Waals surface area contributed by atoms with Crippen molar-refractivity contribution in [2.24, 2.45) is 5.92 Å². The number of alkyl halides is 2. The Kier molecular flexibility index (Phi) is 10.8. The van der Waals surface area contributed by atoms with Crippen molar-refractivity contribution in [3.8, 4) is 11.4 Å². The Bertz CT molecular complexity index is 2330. The highest BCUT2D eigenvalue weighted by atomic mass is 28.4. The summed E-state index contributed by atoms with van der Waals surface area (Å²) in [5.74, 6) is -0.677. The lowest BCUT2D eigenvalue weighted by atomic mass is 9.93. The van der Waals surface area contributed by atoms with Crippen molar-refractivity contribution in [3.63, 3.8) is 0 Å². The normalized spacial score (nSPS) is 12.7. The summed E-state index contributed by atoms with van der Waals surface area (Å²) >= 11 is 0. The fourth-order valence-corrected chi connectivity index (χ4v) is 10.8. The van der Waals surface area contributed by atoms with Gasteiger partial charge < -0.3 is 19.4 Å². The van der Waals surface area contributed by atoms with Gasteiger partial charge in [-0.05, 0) is 58.1 Å². The number of benzene rings is 3. The first-order valence-electron chi connectivity index (χ1n) is 17.8. The maximum absolute atomic E-state index is 14.8. The number of H-pyrrole nitrogens is 1. The van der Waals surface area contributed by atoms with Gasteiger partial charge in [0.2, 0.25) is 18.1 Å². The molecule has 0 radical (unpaired) electrons. The molecule has 0 unspecified atom stereocenters. The molecule has 4 heterocycles. The summed E-state index contributed by atoms with van der Waals surface area (Å²) < 4.78 is 42.4. The molecular weight excluding hydrogens is 723 g/mol. The predicted octanol–water partition coefficient (Wildman–Crippen LogP) is 6.13. The van der Waals surface area contributed by atoms with E-state index in [1.165, 1.54) is 12.5 Å². The average molecular weight is 763 g/mol. The van der Waals surface area contributed by atoms with E-state index in [0.29, 0.717) is 35.0 Å². The molecular formula is C40H40F2N8O4Si. The number of aromatic amines is 1. The number of carbonyl (C=O) groups is 1. The first kappa shape index (κ1) is 37.4. The Balaban J connectivity index is 1.05. The number of nitrogens with one attached hydrogen (secondary N) is 2. The van der Waals surface area contributed by atoms with E-state index in [0.717, 1.165) is 21.5 Å². The number of halogens is 2. The van der Waals surface area contributed by atoms with Crippen molar-refractivity contribution in [2.45, 2.75) is 58.3 Å². The number of imidazole rings is 1. The zero-order chi connectivity index (χ0) is 38.6. The molecule has 3 aromatic carbocycles. The molecule has 1 atom stereocenters. The van der Waals surface area contributed by atoms with Gasteiger partial charge in [0.25, 0.3) is 14.2 Å². The molecule has 0 aliphatic carbocycles. The number of ether oxygens (including phenoxy) is 1. The van der Waals surface area contributed by atoms with Crippen LogP contribution >= 0.6 is 0 Å². The predicted molar refractivity (Wildman–Crippen MR) is 204 cm³/mol. The molecule has 1 amide bonds. The third-order valence-electron chi connectivity index (χ3n) is 9.92. The summed E-state index contributed by atoms with van der Waals surface area (Å²) in [6.45, 7) is 6.17. The molecule has 0 saturated carbocycles. The summed E-state index contributed by atoms with van der Waals surface area (Å²) in [6, 6.07) is 27.6. The number of anilines is 1. The zero-order valence-electron chi connectivity index (χ0n) is 30.5. The maximum Gasteiger partial charge on any atom is 0.274 e. The number of amides is 1. The van der Waals surface area contributed by atoms with Crippen molar-refractivity contribution in [3.05, 3.63) is 138 Å². The minimum atomic E-state index is -3.53. The number of pyridine rings is 1. The van der Waals surface area contributed by atoms with Crippen molar-refractivity contribution in [2.75, 3.05) is 5.32 Å². The van der Waals surface area contributed by atoms with E-state index in [1.54, 1.807) is 22.7 Å². The lowest BCUT2D eigenvalue weighted by molar-refractivity contribution is 0.0609. The van der Waals surface area contributed by atoms with Crippen molar-refractivity contribution in [1.29, 1.82) is 0 Å². The van der Waals surface area contributed by atoms with E-state index >= 15 is 0 Å². The van der Waals surface area contributed by atoms with Crippen LogP contribution in [0, 0.1) is 12.8 Å². The number of hydrogen-bond donors (Lipinski definition) is 3. The number of rotatable bonds is 15. The van der Waals surface area contributed by atoms with Gasteiger partial charge in [0.1, 0.15) is 30.1 Å². The fourth-order valence-electron chi connectivity index (χ4n) is 6.97. The first-order valence-corrected chi connectivity index (χ1v) is 19.7. The summed E-state index contributed by atoms with van der Waals surface area (Å²) in [6.07, 6.45) is 1.80. The van der Waals surface area contributed by atoms with Crippen LogP contribution in [0.15, 0.2) is 114 Å². The van der Waals surface area contributed by atoms with E-state index in [1.807, 2.05) is 99.6 Å². The lowest BCUT2D eigenvalue weighted by Gasteiger charge is -2.42. The highest BCUT2D eigenvalue weighted by Crippen LogP contribution is 2.43. The summed E-state index contributed by atoms with van der Waals surface area (Å²) in [4.78, 5) is 38.9. The zero-order valence-corrected chi connectivity index (χ0v) is 31.5. The van der Waals surface area contributed by atoms with Gasteiger partial charge in [0.05, 0.1) is 12.8 Å². The van der Waals surface area contributed by atoms with Crippen LogP contribution in [0.2, 0.25) is 5.04 Å². The first-order chi connectivity index (χ1) is 26.5. The molecule has 3 N–H and O–H groups in total. The highest BCUT2D eigenvalue weighted by molar-refractivity contribution is 6.98. The third-order valence-corrected chi connectivity index (χ3v) is 14.4. The van der Waals surface area contributed by atoms with Crippen LogP contribution in [0.1, 0.15) is 53.6 Å². The molecule has 4 aromatic heterocycles. The van der Waals surface area contributed by atoms with E-state index in [2.05, 4.69) is 35.6 Å². The molecule has 0 aliphatic rings. The maximum atomic E-state index is 14.8. The van der Waals surface area contributed by atoms with Crippen LogP contribution in [-0.2, 0) is 24.4 Å². The van der Waals surface area contributed by atoms with Gasteiger partial charge in [-0.15, -0.1) is 0 Å². The Morgan fingerprint density at radius 3 is 2.40 bits per heavy atom. The number of aryl methyl sites for hydroxylation is 1. The van der Waals surface area contributed by atoms with Crippen molar-refractivity contribution in [1.82, 2.24) is 34.7 Å². The topological polar surface area (TPSA) is 156 Å². The van der Waals surface area contributed by atoms with Crippen LogP contribution in [-0.4, -0.2) is 60.2 Å². The smallest absolute Gasteiger partial charge is 0.274 e. The van der Waals surface area contributed by atoms with Crippen LogP contribution in [0.3, 0.4) is 0 Å². The van der Waals surface area contributed by atoms with Gasteiger partial charge in [-0.1, -0.05) is 91.8 Å². The Morgan fingerprint density at radius 1 is 1.00 bits per heavy atom. The number of aromatic nitrogens is 7. The van der Waals surface area contributed by atoms with E-state index in [9.17, 15) is 18.4 Å². The number of carbonyl (C=O) groups excluding carboxylic acids is 1. The SMILES string of the molecule is Cc1ccc(-c2noc(C[C@H](CC(C)(C)[Si](O)(c3ccccc3)c3ccccc3)C(F)F)n2)cc1NC(=O)c1cnc2cc(COCc3ncn[nH]3)ccn12. The van der Waals surface area contributed by atoms with E-state index in [4.69, 9.17) is 9.26 Å². The molecule has 12 nitrogen and oxygen atoms in total. The van der Waals surface area contributed by atoms with Crippen molar-refractivity contribution < 1.29 is 27.6 Å². The molecule has 0 fully saturated rings. The summed E-state index contributed by atoms with van der Waals surface area (Å²) in [5, 5.41) is 14.2. The molecule has 7 rings (SSSR count). The minimum absolute atomic E-state index is 0.0116. The fraction of sp³-hybridized carbons (Fsp3) is 0.250. The van der Waals surface area contributed by atoms with Gasteiger partial charge in [-0.2, -0.15) is 10.1 Å². The number of hydrogen-bond acceptors (Lipinski definition) is 9. The minimum Gasteiger partial charge on any atom is -0.424 e. The van der Waals surface area contributed by atoms with E-state index < -0.39 is 25.7 Å². The van der Waals surface area contributed by atoms with E-state index in [-0.39, 0.29) is 37.1 Å². The molecule has 55 heavy (non-hydrogen) atoms. The number of fused-ring (bicyclic) bond motifs is 1. The molecule has 7 aromatic rings. The van der Waals surface area contributed by atoms with Crippen LogP contribution in [0.5, 0.6) is 0 Å². The Labute approximate surface area is 316 Å². The second-order valence-corrected chi connectivity index (χ2v) is 18.1. The molecule has 0 saturated heterocycles. The Morgan fingerprint density at radius 2 is 1.73 bits per heavy atom. The average Bonchev–Trinajstić information content (AvgIpc) is 3.98. The molecule has 15 heteroatoms. The summed E-state index contributed by atoms with van der Waals surface area (Å²) in [7, 11) is -3.53.